The van der Waals surface area contributed by atoms with Gasteiger partial charge in [-0.3, -0.25) is 4.79 Å². The first kappa shape index (κ1) is 13.0. The minimum Gasteiger partial charge on any atom is -0.481 e. The average molecular weight is 241 g/mol. The Kier molecular flexibility index (Phi) is 4.81. The van der Waals surface area contributed by atoms with Gasteiger partial charge in [0.25, 0.3) is 5.24 Å². The molecule has 1 rings (SSSR count). The molecule has 0 aliphatic rings. The highest BCUT2D eigenvalue weighted by atomic mass is 35.5. The molecule has 0 saturated heterocycles. The number of para-hydroxylation sites is 1. The van der Waals surface area contributed by atoms with E-state index in [1.54, 1.807) is 0 Å². The molecule has 16 heavy (non-hydrogen) atoms. The van der Waals surface area contributed by atoms with Crippen LogP contribution in [0.5, 0.6) is 5.75 Å². The van der Waals surface area contributed by atoms with Crippen molar-refractivity contribution in [1.29, 1.82) is 0 Å². The molecule has 2 nitrogen and oxygen atoms in total. The number of carbonyl (C=O) groups is 1. The van der Waals surface area contributed by atoms with Crippen molar-refractivity contribution in [2.24, 2.45) is 0 Å². The molecule has 0 aliphatic heterocycles. The van der Waals surface area contributed by atoms with Crippen molar-refractivity contribution in [3.63, 3.8) is 0 Å². The molecule has 1 aromatic rings. The van der Waals surface area contributed by atoms with Crippen molar-refractivity contribution in [2.45, 2.75) is 39.2 Å². The van der Waals surface area contributed by atoms with Gasteiger partial charge in [-0.05, 0) is 35.6 Å². The second kappa shape index (κ2) is 5.90. The van der Waals surface area contributed by atoms with E-state index in [0.717, 1.165) is 11.3 Å². The largest absolute Gasteiger partial charge is 0.481 e. The molecule has 0 aromatic heterocycles. The first-order valence-corrected chi connectivity index (χ1v) is 5.89. The van der Waals surface area contributed by atoms with Gasteiger partial charge in [0.1, 0.15) is 5.75 Å². The Morgan fingerprint density at radius 3 is 2.50 bits per heavy atom. The number of carbonyl (C=O) groups excluding carboxylic acids is 1. The highest BCUT2D eigenvalue weighted by Crippen LogP contribution is 2.27. The zero-order valence-corrected chi connectivity index (χ0v) is 10.6. The second-order valence-electron chi connectivity index (χ2n) is 4.01. The molecule has 0 amide bonds. The number of ether oxygens (including phenoxy) is 1. The van der Waals surface area contributed by atoms with Gasteiger partial charge >= 0.3 is 0 Å². The Labute approximate surface area is 102 Å². The predicted molar refractivity (Wildman–Crippen MR) is 66.1 cm³/mol. The van der Waals surface area contributed by atoms with Crippen LogP contribution in [0.2, 0.25) is 0 Å². The van der Waals surface area contributed by atoms with Crippen molar-refractivity contribution in [2.75, 3.05) is 0 Å². The Morgan fingerprint density at radius 1 is 1.38 bits per heavy atom. The first-order valence-electron chi connectivity index (χ1n) is 5.51. The van der Waals surface area contributed by atoms with Crippen LogP contribution in [0.25, 0.3) is 0 Å². The van der Waals surface area contributed by atoms with Crippen LogP contribution in [0.15, 0.2) is 24.3 Å². The van der Waals surface area contributed by atoms with E-state index in [2.05, 4.69) is 13.8 Å². The highest BCUT2D eigenvalue weighted by molar-refractivity contribution is 6.64. The van der Waals surface area contributed by atoms with E-state index in [1.165, 1.54) is 0 Å². The molecule has 0 N–H and O–H groups in total. The highest BCUT2D eigenvalue weighted by Gasteiger charge is 2.17. The van der Waals surface area contributed by atoms with Crippen LogP contribution in [-0.2, 0) is 4.79 Å². The summed E-state index contributed by atoms with van der Waals surface area (Å²) in [4.78, 5) is 11.1. The molecule has 0 saturated carbocycles. The summed E-state index contributed by atoms with van der Waals surface area (Å²) >= 11 is 5.46. The fourth-order valence-corrected chi connectivity index (χ4v) is 1.71. The number of halogens is 1. The van der Waals surface area contributed by atoms with Gasteiger partial charge in [-0.25, -0.2) is 0 Å². The minimum atomic E-state index is -0.554. The van der Waals surface area contributed by atoms with E-state index in [0.29, 0.717) is 12.3 Å². The van der Waals surface area contributed by atoms with Crippen LogP contribution in [-0.4, -0.2) is 11.3 Å². The summed E-state index contributed by atoms with van der Waals surface area (Å²) in [5.74, 6) is 1.11. The van der Waals surface area contributed by atoms with Crippen LogP contribution in [0.4, 0.5) is 0 Å². The number of rotatable bonds is 5. The lowest BCUT2D eigenvalue weighted by molar-refractivity contribution is -0.118. The first-order chi connectivity index (χ1) is 7.56. The Balaban J connectivity index is 2.91. The smallest absolute Gasteiger partial charge is 0.262 e. The van der Waals surface area contributed by atoms with Crippen LogP contribution in [0, 0.1) is 0 Å². The molecule has 0 radical (unpaired) electrons. The van der Waals surface area contributed by atoms with Crippen molar-refractivity contribution < 1.29 is 9.53 Å². The van der Waals surface area contributed by atoms with E-state index in [4.69, 9.17) is 16.3 Å². The molecule has 0 aliphatic carbocycles. The van der Waals surface area contributed by atoms with E-state index < -0.39 is 11.3 Å². The summed E-state index contributed by atoms with van der Waals surface area (Å²) in [6.07, 6.45) is 0.0240. The fourth-order valence-electron chi connectivity index (χ4n) is 1.51. The summed E-state index contributed by atoms with van der Waals surface area (Å²) in [5, 5.41) is -0.443. The van der Waals surface area contributed by atoms with Gasteiger partial charge in [0.2, 0.25) is 0 Å². The van der Waals surface area contributed by atoms with Gasteiger partial charge in [-0.15, -0.1) is 0 Å². The Hall–Kier alpha value is -1.02. The maximum atomic E-state index is 11.1. The summed E-state index contributed by atoms with van der Waals surface area (Å²) < 4.78 is 5.64. The van der Waals surface area contributed by atoms with Gasteiger partial charge < -0.3 is 4.74 Å². The average Bonchev–Trinajstić information content (AvgIpc) is 2.25. The Morgan fingerprint density at radius 2 is 2.00 bits per heavy atom. The predicted octanol–water partition coefficient (Wildman–Crippen LogP) is 3.73. The molecule has 1 aromatic carbocycles. The lowest BCUT2D eigenvalue weighted by Gasteiger charge is -2.18. The quantitative estimate of drug-likeness (QED) is 0.733. The zero-order valence-electron chi connectivity index (χ0n) is 9.87. The van der Waals surface area contributed by atoms with Crippen LogP contribution >= 0.6 is 11.6 Å². The molecular formula is C13H17ClO2. The summed E-state index contributed by atoms with van der Waals surface area (Å²) in [7, 11) is 0. The Bertz CT molecular complexity index is 361. The molecule has 3 heteroatoms. The maximum Gasteiger partial charge on any atom is 0.262 e. The molecular weight excluding hydrogens is 224 g/mol. The number of hydrogen-bond donors (Lipinski definition) is 0. The molecule has 88 valence electrons. The second-order valence-corrected chi connectivity index (χ2v) is 4.38. The van der Waals surface area contributed by atoms with Crippen molar-refractivity contribution in [3.8, 4) is 5.75 Å². The van der Waals surface area contributed by atoms with Gasteiger partial charge in [0.05, 0.1) is 0 Å². The lowest BCUT2D eigenvalue weighted by atomic mass is 10.0. The van der Waals surface area contributed by atoms with E-state index in [9.17, 15) is 4.79 Å². The molecule has 0 fully saturated rings. The van der Waals surface area contributed by atoms with E-state index in [-0.39, 0.29) is 0 Å². The molecule has 0 bridgehead atoms. The van der Waals surface area contributed by atoms with Crippen molar-refractivity contribution >= 4 is 16.8 Å². The lowest BCUT2D eigenvalue weighted by Crippen LogP contribution is -2.22. The van der Waals surface area contributed by atoms with E-state index >= 15 is 0 Å². The molecule has 0 heterocycles. The summed E-state index contributed by atoms with van der Waals surface area (Å²) in [5.41, 5.74) is 1.10. The normalized spacial score (nSPS) is 12.6. The SMILES string of the molecule is CC[C@H](Oc1ccccc1C(C)C)C(=O)Cl. The zero-order chi connectivity index (χ0) is 12.1. The van der Waals surface area contributed by atoms with Gasteiger partial charge in [-0.1, -0.05) is 39.0 Å². The standard InChI is InChI=1S/C13H17ClO2/c1-4-11(13(14)15)16-12-8-6-5-7-10(12)9(2)3/h5-9,11H,4H2,1-3H3/t11-/m0/s1. The van der Waals surface area contributed by atoms with E-state index in [1.807, 2.05) is 31.2 Å². The van der Waals surface area contributed by atoms with Crippen molar-refractivity contribution in [1.82, 2.24) is 0 Å². The minimum absolute atomic E-state index is 0.360. The third-order valence-corrected chi connectivity index (χ3v) is 2.68. The van der Waals surface area contributed by atoms with Crippen LogP contribution in [0.1, 0.15) is 38.7 Å². The number of hydrogen-bond acceptors (Lipinski definition) is 2. The topological polar surface area (TPSA) is 26.3 Å². The maximum absolute atomic E-state index is 11.1. The van der Waals surface area contributed by atoms with Crippen LogP contribution in [0.3, 0.4) is 0 Å². The molecule has 0 spiro atoms. The molecule has 1 atom stereocenters. The third-order valence-electron chi connectivity index (χ3n) is 2.43. The van der Waals surface area contributed by atoms with Crippen LogP contribution < -0.4 is 4.74 Å². The summed E-state index contributed by atoms with van der Waals surface area (Å²) in [6, 6.07) is 7.74. The van der Waals surface area contributed by atoms with Gasteiger partial charge in [-0.2, -0.15) is 0 Å². The van der Waals surface area contributed by atoms with Gasteiger partial charge in [0, 0.05) is 0 Å². The summed E-state index contributed by atoms with van der Waals surface area (Å²) in [6.45, 7) is 6.06. The monoisotopic (exact) mass is 240 g/mol. The van der Waals surface area contributed by atoms with Gasteiger partial charge in [0.15, 0.2) is 6.10 Å². The fraction of sp³-hybridized carbons (Fsp3) is 0.462. The third kappa shape index (κ3) is 3.24. The molecule has 0 unspecified atom stereocenters. The van der Waals surface area contributed by atoms with Crippen molar-refractivity contribution in [3.05, 3.63) is 29.8 Å². The number of benzene rings is 1.